The van der Waals surface area contributed by atoms with Crippen LogP contribution in [0.1, 0.15) is 17.2 Å². The van der Waals surface area contributed by atoms with Gasteiger partial charge < -0.3 is 9.73 Å². The Morgan fingerprint density at radius 3 is 2.29 bits per heavy atom. The monoisotopic (exact) mass is 372 g/mol. The predicted octanol–water partition coefficient (Wildman–Crippen LogP) is 3.69. The molecule has 1 heterocycles. The average Bonchev–Trinajstić information content (AvgIpc) is 3.04. The Morgan fingerprint density at radius 2 is 1.54 bits per heavy atom. The lowest BCUT2D eigenvalue weighted by Gasteiger charge is -2.19. The Morgan fingerprint density at radius 1 is 0.893 bits per heavy atom. The molecule has 0 fully saturated rings. The standard InChI is InChI=1S/C23H20N2O3/c26-22(16-25-20-13-7-8-14-21(20)28-23(25)27)24-19(18-11-5-2-6-12-18)15-17-9-3-1-4-10-17/h1-14,19H,15-16H2,(H,24,26). The molecule has 0 bridgehead atoms. The van der Waals surface area contributed by atoms with Gasteiger partial charge in [0.25, 0.3) is 0 Å². The van der Waals surface area contributed by atoms with Crippen molar-refractivity contribution in [1.29, 1.82) is 0 Å². The Bertz CT molecular complexity index is 1130. The first-order valence-corrected chi connectivity index (χ1v) is 9.17. The van der Waals surface area contributed by atoms with Crippen molar-refractivity contribution in [3.8, 4) is 0 Å². The quantitative estimate of drug-likeness (QED) is 0.561. The van der Waals surface area contributed by atoms with E-state index >= 15 is 0 Å². The topological polar surface area (TPSA) is 64.2 Å². The molecule has 0 aliphatic rings. The molecule has 5 nitrogen and oxygen atoms in total. The van der Waals surface area contributed by atoms with E-state index in [1.165, 1.54) is 4.57 Å². The summed E-state index contributed by atoms with van der Waals surface area (Å²) in [6, 6.07) is 26.7. The number of carbonyl (C=O) groups excluding carboxylic acids is 1. The van der Waals surface area contributed by atoms with Gasteiger partial charge in [0.05, 0.1) is 11.6 Å². The Balaban J connectivity index is 1.56. The van der Waals surface area contributed by atoms with E-state index in [1.807, 2.05) is 66.7 Å². The number of rotatable bonds is 6. The van der Waals surface area contributed by atoms with Gasteiger partial charge in [0.1, 0.15) is 6.54 Å². The number of hydrogen-bond acceptors (Lipinski definition) is 3. The highest BCUT2D eigenvalue weighted by molar-refractivity contribution is 5.79. The molecule has 0 radical (unpaired) electrons. The number of fused-ring (bicyclic) bond motifs is 1. The molecule has 0 aliphatic heterocycles. The van der Waals surface area contributed by atoms with Gasteiger partial charge in [0.15, 0.2) is 5.58 Å². The second-order valence-electron chi connectivity index (χ2n) is 6.64. The minimum Gasteiger partial charge on any atom is -0.408 e. The van der Waals surface area contributed by atoms with Crippen LogP contribution in [0.2, 0.25) is 0 Å². The fourth-order valence-corrected chi connectivity index (χ4v) is 3.33. The summed E-state index contributed by atoms with van der Waals surface area (Å²) in [6.07, 6.45) is 0.664. The molecule has 0 saturated heterocycles. The molecule has 3 aromatic carbocycles. The fourth-order valence-electron chi connectivity index (χ4n) is 3.33. The maximum Gasteiger partial charge on any atom is 0.420 e. The van der Waals surface area contributed by atoms with Gasteiger partial charge in [-0.25, -0.2) is 4.79 Å². The van der Waals surface area contributed by atoms with E-state index in [4.69, 9.17) is 4.42 Å². The molecule has 1 aromatic heterocycles. The van der Waals surface area contributed by atoms with Crippen LogP contribution in [0.3, 0.4) is 0 Å². The van der Waals surface area contributed by atoms with E-state index < -0.39 is 5.76 Å². The van der Waals surface area contributed by atoms with E-state index in [1.54, 1.807) is 18.2 Å². The Kier molecular flexibility index (Phi) is 5.06. The summed E-state index contributed by atoms with van der Waals surface area (Å²) < 4.78 is 6.57. The first-order valence-electron chi connectivity index (χ1n) is 9.17. The molecule has 0 saturated carbocycles. The highest BCUT2D eigenvalue weighted by Gasteiger charge is 2.18. The smallest absolute Gasteiger partial charge is 0.408 e. The summed E-state index contributed by atoms with van der Waals surface area (Å²) in [4.78, 5) is 24.9. The van der Waals surface area contributed by atoms with Crippen LogP contribution in [-0.4, -0.2) is 10.5 Å². The van der Waals surface area contributed by atoms with Gasteiger partial charge in [0.2, 0.25) is 5.91 Å². The van der Waals surface area contributed by atoms with Gasteiger partial charge in [-0.3, -0.25) is 9.36 Å². The third kappa shape index (κ3) is 3.88. The molecule has 0 aliphatic carbocycles. The average molecular weight is 372 g/mol. The lowest BCUT2D eigenvalue weighted by Crippen LogP contribution is -2.34. The lowest BCUT2D eigenvalue weighted by atomic mass is 9.99. The molecular weight excluding hydrogens is 352 g/mol. The number of hydrogen-bond donors (Lipinski definition) is 1. The number of amides is 1. The molecule has 4 rings (SSSR count). The van der Waals surface area contributed by atoms with Crippen LogP contribution < -0.4 is 11.1 Å². The molecule has 1 unspecified atom stereocenters. The molecule has 1 amide bonds. The molecular formula is C23H20N2O3. The predicted molar refractivity (Wildman–Crippen MR) is 108 cm³/mol. The van der Waals surface area contributed by atoms with Crippen molar-refractivity contribution in [3.63, 3.8) is 0 Å². The van der Waals surface area contributed by atoms with E-state index in [0.717, 1.165) is 11.1 Å². The van der Waals surface area contributed by atoms with Crippen molar-refractivity contribution in [2.75, 3.05) is 0 Å². The summed E-state index contributed by atoms with van der Waals surface area (Å²) >= 11 is 0. The SMILES string of the molecule is O=C(Cn1c(=O)oc2ccccc21)NC(Cc1ccccc1)c1ccccc1. The largest absolute Gasteiger partial charge is 0.420 e. The minimum absolute atomic E-state index is 0.0893. The summed E-state index contributed by atoms with van der Waals surface area (Å²) in [6.45, 7) is -0.0893. The van der Waals surface area contributed by atoms with Crippen molar-refractivity contribution in [1.82, 2.24) is 9.88 Å². The van der Waals surface area contributed by atoms with Crippen molar-refractivity contribution in [3.05, 3.63) is 107 Å². The van der Waals surface area contributed by atoms with Gasteiger partial charge in [-0.05, 0) is 29.7 Å². The number of para-hydroxylation sites is 2. The van der Waals surface area contributed by atoms with Gasteiger partial charge in [-0.15, -0.1) is 0 Å². The number of benzene rings is 3. The van der Waals surface area contributed by atoms with Crippen molar-refractivity contribution < 1.29 is 9.21 Å². The zero-order valence-electron chi connectivity index (χ0n) is 15.2. The third-order valence-electron chi connectivity index (χ3n) is 4.70. The molecule has 1 atom stereocenters. The minimum atomic E-state index is -0.532. The molecule has 5 heteroatoms. The van der Waals surface area contributed by atoms with Gasteiger partial charge in [0, 0.05) is 0 Å². The Hall–Kier alpha value is -3.60. The van der Waals surface area contributed by atoms with E-state index in [0.29, 0.717) is 17.5 Å². The highest BCUT2D eigenvalue weighted by Crippen LogP contribution is 2.19. The second-order valence-corrected chi connectivity index (χ2v) is 6.64. The maximum atomic E-state index is 12.8. The molecule has 4 aromatic rings. The van der Waals surface area contributed by atoms with E-state index in [2.05, 4.69) is 5.32 Å². The van der Waals surface area contributed by atoms with Crippen molar-refractivity contribution >= 4 is 17.0 Å². The summed E-state index contributed by atoms with van der Waals surface area (Å²) in [5, 5.41) is 3.07. The zero-order valence-corrected chi connectivity index (χ0v) is 15.2. The number of nitrogens with one attached hydrogen (secondary N) is 1. The first-order chi connectivity index (χ1) is 13.7. The number of aromatic nitrogens is 1. The van der Waals surface area contributed by atoms with Crippen LogP contribution in [0, 0.1) is 0 Å². The van der Waals surface area contributed by atoms with Gasteiger partial charge in [-0.2, -0.15) is 0 Å². The highest BCUT2D eigenvalue weighted by atomic mass is 16.4. The number of nitrogens with zero attached hydrogens (tertiary/aromatic N) is 1. The zero-order chi connectivity index (χ0) is 19.3. The van der Waals surface area contributed by atoms with E-state index in [-0.39, 0.29) is 18.5 Å². The van der Waals surface area contributed by atoms with Crippen LogP contribution >= 0.6 is 0 Å². The fraction of sp³-hybridized carbons (Fsp3) is 0.130. The summed E-state index contributed by atoms with van der Waals surface area (Å²) in [5.74, 6) is -0.769. The summed E-state index contributed by atoms with van der Waals surface area (Å²) in [5.41, 5.74) is 3.23. The van der Waals surface area contributed by atoms with Crippen LogP contribution in [0.5, 0.6) is 0 Å². The van der Waals surface area contributed by atoms with Crippen molar-refractivity contribution in [2.45, 2.75) is 19.0 Å². The lowest BCUT2D eigenvalue weighted by molar-refractivity contribution is -0.122. The molecule has 140 valence electrons. The molecule has 1 N–H and O–H groups in total. The van der Waals surface area contributed by atoms with Crippen molar-refractivity contribution in [2.24, 2.45) is 0 Å². The maximum absolute atomic E-state index is 12.8. The van der Waals surface area contributed by atoms with Crippen LogP contribution in [0.4, 0.5) is 0 Å². The van der Waals surface area contributed by atoms with Crippen LogP contribution in [0.15, 0.2) is 94.1 Å². The van der Waals surface area contributed by atoms with E-state index in [9.17, 15) is 9.59 Å². The van der Waals surface area contributed by atoms with Crippen LogP contribution in [0.25, 0.3) is 11.1 Å². The Labute approximate surface area is 162 Å². The number of oxazole rings is 1. The second kappa shape index (κ2) is 7.96. The third-order valence-corrected chi connectivity index (χ3v) is 4.70. The van der Waals surface area contributed by atoms with Gasteiger partial charge in [-0.1, -0.05) is 72.8 Å². The molecule has 28 heavy (non-hydrogen) atoms. The van der Waals surface area contributed by atoms with Gasteiger partial charge >= 0.3 is 5.76 Å². The summed E-state index contributed by atoms with van der Waals surface area (Å²) in [7, 11) is 0. The molecule has 0 spiro atoms. The number of carbonyl (C=O) groups is 1. The van der Waals surface area contributed by atoms with Crippen LogP contribution in [-0.2, 0) is 17.8 Å². The first kappa shape index (κ1) is 17.8. The normalized spacial score (nSPS) is 12.0.